The highest BCUT2D eigenvalue weighted by Crippen LogP contribution is 2.44. The van der Waals surface area contributed by atoms with Crippen molar-refractivity contribution in [2.75, 3.05) is 0 Å². The Bertz CT molecular complexity index is 530. The van der Waals surface area contributed by atoms with Gasteiger partial charge in [-0.15, -0.1) is 0 Å². The summed E-state index contributed by atoms with van der Waals surface area (Å²) in [5.74, 6) is -3.82. The molecule has 0 radical (unpaired) electrons. The zero-order valence-corrected chi connectivity index (χ0v) is 9.35. The molecular weight excluding hydrogens is 248 g/mol. The second-order valence-electron chi connectivity index (χ2n) is 4.12. The number of aryl methyl sites for hydroxylation is 1. The zero-order valence-electron chi connectivity index (χ0n) is 9.35. The number of ether oxygens (including phenoxy) is 1. The van der Waals surface area contributed by atoms with Gasteiger partial charge in [-0.25, -0.2) is 13.6 Å². The average Bonchev–Trinajstić information content (AvgIpc) is 2.85. The van der Waals surface area contributed by atoms with Gasteiger partial charge in [0.05, 0.1) is 16.9 Å². The van der Waals surface area contributed by atoms with Crippen molar-refractivity contribution in [3.8, 4) is 0 Å². The van der Waals surface area contributed by atoms with Crippen molar-refractivity contribution in [1.82, 2.24) is 0 Å². The molecule has 1 aliphatic carbocycles. The van der Waals surface area contributed by atoms with Crippen molar-refractivity contribution < 1.29 is 23.2 Å². The Labute approximate surface area is 101 Å². The lowest BCUT2D eigenvalue weighted by molar-refractivity contribution is -0.384. The molecule has 0 N–H and O–H groups in total. The number of rotatable bonds is 3. The topological polar surface area (TPSA) is 69.4 Å². The quantitative estimate of drug-likeness (QED) is 0.474. The maximum Gasteiger partial charge on any atom is 0.338 e. The Morgan fingerprint density at radius 3 is 2.61 bits per heavy atom. The average molecular weight is 257 g/mol. The molecule has 1 atom stereocenters. The van der Waals surface area contributed by atoms with Crippen LogP contribution in [-0.2, 0) is 4.74 Å². The number of non-ortho nitro benzene ring substituents is 1. The van der Waals surface area contributed by atoms with Crippen molar-refractivity contribution >= 4 is 11.7 Å². The van der Waals surface area contributed by atoms with Crippen molar-refractivity contribution in [2.24, 2.45) is 0 Å². The normalized spacial score (nSPS) is 20.3. The molecule has 0 spiro atoms. The number of nitrogens with zero attached hydrogens (tertiary/aromatic N) is 1. The zero-order chi connectivity index (χ0) is 13.5. The lowest BCUT2D eigenvalue weighted by Crippen LogP contribution is -2.13. The molecule has 0 amide bonds. The van der Waals surface area contributed by atoms with Crippen molar-refractivity contribution in [1.29, 1.82) is 0 Å². The minimum Gasteiger partial charge on any atom is -0.452 e. The van der Waals surface area contributed by atoms with Crippen LogP contribution in [0, 0.1) is 17.0 Å². The predicted molar refractivity (Wildman–Crippen MR) is 56.6 cm³/mol. The smallest absolute Gasteiger partial charge is 0.338 e. The van der Waals surface area contributed by atoms with Gasteiger partial charge in [-0.2, -0.15) is 0 Å². The summed E-state index contributed by atoms with van der Waals surface area (Å²) in [7, 11) is 0. The number of nitro groups is 1. The molecule has 0 bridgehead atoms. The summed E-state index contributed by atoms with van der Waals surface area (Å²) in [4.78, 5) is 21.5. The van der Waals surface area contributed by atoms with Gasteiger partial charge >= 0.3 is 5.97 Å². The molecule has 1 aliphatic rings. The van der Waals surface area contributed by atoms with E-state index in [9.17, 15) is 23.7 Å². The van der Waals surface area contributed by atoms with Crippen LogP contribution in [0.5, 0.6) is 0 Å². The molecule has 1 aromatic rings. The first-order valence-electron chi connectivity index (χ1n) is 5.15. The Hall–Kier alpha value is -2.05. The molecule has 0 saturated heterocycles. The highest BCUT2D eigenvalue weighted by atomic mass is 19.3. The third-order valence-corrected chi connectivity index (χ3v) is 2.66. The first-order valence-corrected chi connectivity index (χ1v) is 5.15. The molecule has 0 aromatic heterocycles. The summed E-state index contributed by atoms with van der Waals surface area (Å²) < 4.78 is 29.7. The summed E-state index contributed by atoms with van der Waals surface area (Å²) in [6.07, 6.45) is -1.84. The van der Waals surface area contributed by atoms with E-state index in [2.05, 4.69) is 4.74 Å². The van der Waals surface area contributed by atoms with Crippen LogP contribution in [0.15, 0.2) is 18.2 Å². The fourth-order valence-electron chi connectivity index (χ4n) is 1.50. The van der Waals surface area contributed by atoms with E-state index in [-0.39, 0.29) is 11.3 Å². The van der Waals surface area contributed by atoms with E-state index < -0.39 is 29.3 Å². The number of halogens is 2. The first-order chi connectivity index (χ1) is 8.31. The second-order valence-corrected chi connectivity index (χ2v) is 4.12. The largest absolute Gasteiger partial charge is 0.452 e. The van der Waals surface area contributed by atoms with Gasteiger partial charge in [0.15, 0.2) is 6.10 Å². The molecule has 1 aromatic carbocycles. The predicted octanol–water partition coefficient (Wildman–Crippen LogP) is 2.47. The van der Waals surface area contributed by atoms with Gasteiger partial charge in [0.1, 0.15) is 0 Å². The molecule has 0 heterocycles. The summed E-state index contributed by atoms with van der Waals surface area (Å²) in [5.41, 5.74) is 0.210. The van der Waals surface area contributed by atoms with E-state index in [0.717, 1.165) is 6.07 Å². The monoisotopic (exact) mass is 257 g/mol. The molecule has 1 saturated carbocycles. The number of esters is 1. The van der Waals surface area contributed by atoms with Crippen molar-refractivity contribution in [3.05, 3.63) is 39.4 Å². The van der Waals surface area contributed by atoms with E-state index >= 15 is 0 Å². The van der Waals surface area contributed by atoms with Crippen LogP contribution in [0.4, 0.5) is 14.5 Å². The number of carbonyl (C=O) groups is 1. The van der Waals surface area contributed by atoms with Gasteiger partial charge in [-0.05, 0) is 18.6 Å². The number of nitro benzene ring substituents is 1. The molecule has 2 rings (SSSR count). The Kier molecular flexibility index (Phi) is 2.76. The van der Waals surface area contributed by atoms with Crippen LogP contribution in [0.3, 0.4) is 0 Å². The van der Waals surface area contributed by atoms with E-state index in [1.54, 1.807) is 0 Å². The number of hydrogen-bond acceptors (Lipinski definition) is 4. The SMILES string of the molecule is Cc1cc([N+](=O)[O-])ccc1C(=O)OC1CC1(F)F. The Morgan fingerprint density at radius 2 is 2.17 bits per heavy atom. The van der Waals surface area contributed by atoms with Gasteiger partial charge in [0.25, 0.3) is 11.6 Å². The molecule has 96 valence electrons. The summed E-state index contributed by atoms with van der Waals surface area (Å²) in [6, 6.07) is 3.53. The lowest BCUT2D eigenvalue weighted by atomic mass is 10.1. The second kappa shape index (κ2) is 4.01. The highest BCUT2D eigenvalue weighted by Gasteiger charge is 2.60. The lowest BCUT2D eigenvalue weighted by Gasteiger charge is -2.06. The van der Waals surface area contributed by atoms with Crippen LogP contribution in [0.1, 0.15) is 22.3 Å². The van der Waals surface area contributed by atoms with E-state index in [4.69, 9.17) is 0 Å². The first kappa shape index (κ1) is 12.4. The van der Waals surface area contributed by atoms with Crippen LogP contribution in [0.2, 0.25) is 0 Å². The van der Waals surface area contributed by atoms with Gasteiger partial charge in [0.2, 0.25) is 0 Å². The fraction of sp³-hybridized carbons (Fsp3) is 0.364. The maximum absolute atomic E-state index is 12.6. The summed E-state index contributed by atoms with van der Waals surface area (Å²) >= 11 is 0. The van der Waals surface area contributed by atoms with Crippen LogP contribution < -0.4 is 0 Å². The van der Waals surface area contributed by atoms with Gasteiger partial charge in [-0.3, -0.25) is 10.1 Å². The van der Waals surface area contributed by atoms with Gasteiger partial charge in [0, 0.05) is 12.1 Å². The van der Waals surface area contributed by atoms with Crippen LogP contribution in [-0.4, -0.2) is 22.9 Å². The molecule has 0 aliphatic heterocycles. The van der Waals surface area contributed by atoms with Gasteiger partial charge in [-0.1, -0.05) is 0 Å². The Morgan fingerprint density at radius 1 is 1.56 bits per heavy atom. The van der Waals surface area contributed by atoms with Crippen LogP contribution >= 0.6 is 0 Å². The van der Waals surface area contributed by atoms with E-state index in [0.29, 0.717) is 5.56 Å². The summed E-state index contributed by atoms with van der Waals surface area (Å²) in [5, 5.41) is 10.5. The minimum absolute atomic E-state index is 0.0586. The molecule has 1 fully saturated rings. The Balaban J connectivity index is 2.14. The van der Waals surface area contributed by atoms with Gasteiger partial charge < -0.3 is 4.74 Å². The number of benzene rings is 1. The maximum atomic E-state index is 12.6. The van der Waals surface area contributed by atoms with E-state index in [1.165, 1.54) is 19.1 Å². The molecular formula is C11H9F2NO4. The number of alkyl halides is 2. The van der Waals surface area contributed by atoms with Crippen molar-refractivity contribution in [3.63, 3.8) is 0 Å². The summed E-state index contributed by atoms with van der Waals surface area (Å²) in [6.45, 7) is 1.48. The third-order valence-electron chi connectivity index (χ3n) is 2.66. The van der Waals surface area contributed by atoms with E-state index in [1.807, 2.05) is 0 Å². The molecule has 5 nitrogen and oxygen atoms in total. The van der Waals surface area contributed by atoms with Crippen LogP contribution in [0.25, 0.3) is 0 Å². The molecule has 1 unspecified atom stereocenters. The standard InChI is InChI=1S/C11H9F2NO4/c1-6-4-7(14(16)17)2-3-8(6)10(15)18-9-5-11(9,12)13/h2-4,9H,5H2,1H3. The number of hydrogen-bond donors (Lipinski definition) is 0. The minimum atomic E-state index is -2.94. The number of carbonyl (C=O) groups excluding carboxylic acids is 1. The van der Waals surface area contributed by atoms with Crippen molar-refractivity contribution in [2.45, 2.75) is 25.4 Å². The molecule has 18 heavy (non-hydrogen) atoms. The molecule has 7 heteroatoms. The fourth-order valence-corrected chi connectivity index (χ4v) is 1.50. The third kappa shape index (κ3) is 2.29. The highest BCUT2D eigenvalue weighted by molar-refractivity contribution is 5.91.